The molecule has 0 saturated carbocycles. The highest BCUT2D eigenvalue weighted by molar-refractivity contribution is 5.82. The second-order valence-corrected chi connectivity index (χ2v) is 3.54. The van der Waals surface area contributed by atoms with Crippen LogP contribution >= 0.6 is 0 Å². The first-order valence-electron chi connectivity index (χ1n) is 4.61. The highest BCUT2D eigenvalue weighted by Gasteiger charge is 2.21. The van der Waals surface area contributed by atoms with Crippen LogP contribution in [0.2, 0.25) is 0 Å². The predicted molar refractivity (Wildman–Crippen MR) is 46.9 cm³/mol. The molecular formula is C9H17NO2. The average Bonchev–Trinajstić information content (AvgIpc) is 2.03. The zero-order valence-electron chi connectivity index (χ0n) is 7.55. The summed E-state index contributed by atoms with van der Waals surface area (Å²) in [5.74, 6) is 0.503. The summed E-state index contributed by atoms with van der Waals surface area (Å²) in [6.07, 6.45) is 1.94. The minimum absolute atomic E-state index is 0.147. The molecule has 1 fully saturated rings. The van der Waals surface area contributed by atoms with Gasteiger partial charge in [0.1, 0.15) is 5.78 Å². The second-order valence-electron chi connectivity index (χ2n) is 3.54. The summed E-state index contributed by atoms with van der Waals surface area (Å²) >= 11 is 0. The van der Waals surface area contributed by atoms with Crippen molar-refractivity contribution >= 4 is 5.78 Å². The Kier molecular flexibility index (Phi) is 3.69. The van der Waals surface area contributed by atoms with E-state index in [4.69, 9.17) is 5.11 Å². The standard InChI is InChI=1S/C9H17NO2/c1-7(11)2-3-8-6-10-5-4-9(8)12/h7-8,10-11H,2-6H2,1H3. The fourth-order valence-electron chi connectivity index (χ4n) is 1.51. The van der Waals surface area contributed by atoms with Gasteiger partial charge in [-0.15, -0.1) is 0 Å². The van der Waals surface area contributed by atoms with Crippen molar-refractivity contribution in [1.29, 1.82) is 0 Å². The molecule has 0 aliphatic carbocycles. The summed E-state index contributed by atoms with van der Waals surface area (Å²) in [6, 6.07) is 0. The third-order valence-electron chi connectivity index (χ3n) is 2.33. The number of carbonyl (C=O) groups is 1. The number of aliphatic hydroxyl groups excluding tert-OH is 1. The number of Topliss-reactive ketones (excluding diaryl/α,β-unsaturated/α-hetero) is 1. The Hall–Kier alpha value is -0.410. The van der Waals surface area contributed by atoms with Gasteiger partial charge in [0, 0.05) is 25.4 Å². The van der Waals surface area contributed by atoms with Crippen molar-refractivity contribution in [2.24, 2.45) is 5.92 Å². The highest BCUT2D eigenvalue weighted by atomic mass is 16.3. The largest absolute Gasteiger partial charge is 0.393 e. The van der Waals surface area contributed by atoms with Crippen LogP contribution < -0.4 is 5.32 Å². The Bertz CT molecular complexity index is 157. The maximum Gasteiger partial charge on any atom is 0.138 e. The van der Waals surface area contributed by atoms with E-state index in [1.165, 1.54) is 0 Å². The molecule has 2 atom stereocenters. The van der Waals surface area contributed by atoms with Crippen molar-refractivity contribution in [2.45, 2.75) is 32.3 Å². The summed E-state index contributed by atoms with van der Waals surface area (Å²) in [7, 11) is 0. The van der Waals surface area contributed by atoms with E-state index in [-0.39, 0.29) is 12.0 Å². The predicted octanol–water partition coefficient (Wildman–Crippen LogP) is 0.326. The Labute approximate surface area is 73.2 Å². The molecule has 1 heterocycles. The van der Waals surface area contributed by atoms with Gasteiger partial charge in [0.05, 0.1) is 6.10 Å². The third-order valence-corrected chi connectivity index (χ3v) is 2.33. The zero-order valence-corrected chi connectivity index (χ0v) is 7.55. The van der Waals surface area contributed by atoms with Crippen molar-refractivity contribution in [1.82, 2.24) is 5.32 Å². The third kappa shape index (κ3) is 2.91. The Morgan fingerprint density at radius 1 is 1.75 bits per heavy atom. The van der Waals surface area contributed by atoms with Crippen molar-refractivity contribution in [3.05, 3.63) is 0 Å². The Morgan fingerprint density at radius 3 is 3.08 bits per heavy atom. The molecule has 1 rings (SSSR count). The molecule has 0 bridgehead atoms. The van der Waals surface area contributed by atoms with Crippen LogP contribution in [0.5, 0.6) is 0 Å². The van der Waals surface area contributed by atoms with Crippen LogP contribution in [0.3, 0.4) is 0 Å². The molecule has 1 aliphatic rings. The number of ketones is 1. The number of hydrogen-bond acceptors (Lipinski definition) is 3. The lowest BCUT2D eigenvalue weighted by Crippen LogP contribution is -2.37. The van der Waals surface area contributed by atoms with Gasteiger partial charge in [-0.1, -0.05) is 0 Å². The number of piperidine rings is 1. The lowest BCUT2D eigenvalue weighted by molar-refractivity contribution is -0.124. The summed E-state index contributed by atoms with van der Waals surface area (Å²) in [4.78, 5) is 11.3. The van der Waals surface area contributed by atoms with Gasteiger partial charge in [-0.3, -0.25) is 4.79 Å². The van der Waals surface area contributed by atoms with Crippen LogP contribution in [0.4, 0.5) is 0 Å². The van der Waals surface area contributed by atoms with Crippen molar-refractivity contribution in [3.63, 3.8) is 0 Å². The van der Waals surface area contributed by atoms with E-state index in [2.05, 4.69) is 5.32 Å². The first-order valence-corrected chi connectivity index (χ1v) is 4.61. The van der Waals surface area contributed by atoms with Crippen molar-refractivity contribution < 1.29 is 9.90 Å². The fourth-order valence-corrected chi connectivity index (χ4v) is 1.51. The van der Waals surface area contributed by atoms with Gasteiger partial charge in [-0.25, -0.2) is 0 Å². The molecule has 0 spiro atoms. The summed E-state index contributed by atoms with van der Waals surface area (Å²) < 4.78 is 0. The summed E-state index contributed by atoms with van der Waals surface area (Å²) in [5, 5.41) is 12.2. The normalized spacial score (nSPS) is 27.2. The average molecular weight is 171 g/mol. The number of rotatable bonds is 3. The van der Waals surface area contributed by atoms with Gasteiger partial charge in [-0.05, 0) is 19.8 Å². The quantitative estimate of drug-likeness (QED) is 0.643. The molecule has 0 radical (unpaired) electrons. The van der Waals surface area contributed by atoms with Crippen LogP contribution in [0.25, 0.3) is 0 Å². The van der Waals surface area contributed by atoms with E-state index in [1.54, 1.807) is 6.92 Å². The molecule has 2 N–H and O–H groups in total. The highest BCUT2D eigenvalue weighted by Crippen LogP contribution is 2.13. The van der Waals surface area contributed by atoms with E-state index in [9.17, 15) is 4.79 Å². The molecule has 2 unspecified atom stereocenters. The van der Waals surface area contributed by atoms with Crippen LogP contribution in [0, 0.1) is 5.92 Å². The maximum atomic E-state index is 11.3. The Balaban J connectivity index is 2.25. The SMILES string of the molecule is CC(O)CCC1CNCCC1=O. The molecule has 3 nitrogen and oxygen atoms in total. The lowest BCUT2D eigenvalue weighted by atomic mass is 9.92. The fraction of sp³-hybridized carbons (Fsp3) is 0.889. The van der Waals surface area contributed by atoms with Gasteiger partial charge in [0.25, 0.3) is 0 Å². The minimum atomic E-state index is -0.278. The summed E-state index contributed by atoms with van der Waals surface area (Å²) in [6.45, 7) is 3.39. The first kappa shape index (κ1) is 9.68. The Morgan fingerprint density at radius 2 is 2.50 bits per heavy atom. The molecule has 12 heavy (non-hydrogen) atoms. The number of hydrogen-bond donors (Lipinski definition) is 2. The van der Waals surface area contributed by atoms with Crippen LogP contribution in [-0.4, -0.2) is 30.1 Å². The molecular weight excluding hydrogens is 154 g/mol. The molecule has 1 saturated heterocycles. The number of nitrogens with one attached hydrogen (secondary N) is 1. The molecule has 0 aromatic heterocycles. The van der Waals surface area contributed by atoms with Gasteiger partial charge < -0.3 is 10.4 Å². The molecule has 0 amide bonds. The van der Waals surface area contributed by atoms with E-state index < -0.39 is 0 Å². The van der Waals surface area contributed by atoms with Crippen LogP contribution in [-0.2, 0) is 4.79 Å². The smallest absolute Gasteiger partial charge is 0.138 e. The summed E-state index contributed by atoms with van der Waals surface area (Å²) in [5.41, 5.74) is 0. The molecule has 0 aromatic carbocycles. The van der Waals surface area contributed by atoms with E-state index >= 15 is 0 Å². The van der Waals surface area contributed by atoms with E-state index in [0.29, 0.717) is 12.2 Å². The van der Waals surface area contributed by atoms with Gasteiger partial charge in [-0.2, -0.15) is 0 Å². The van der Waals surface area contributed by atoms with Crippen molar-refractivity contribution in [2.75, 3.05) is 13.1 Å². The van der Waals surface area contributed by atoms with Crippen LogP contribution in [0.1, 0.15) is 26.2 Å². The van der Waals surface area contributed by atoms with Gasteiger partial charge >= 0.3 is 0 Å². The minimum Gasteiger partial charge on any atom is -0.393 e. The van der Waals surface area contributed by atoms with E-state index in [1.807, 2.05) is 0 Å². The molecule has 1 aliphatic heterocycles. The van der Waals surface area contributed by atoms with Gasteiger partial charge in [0.15, 0.2) is 0 Å². The van der Waals surface area contributed by atoms with Crippen molar-refractivity contribution in [3.8, 4) is 0 Å². The van der Waals surface area contributed by atoms with Crippen LogP contribution in [0.15, 0.2) is 0 Å². The molecule has 0 aromatic rings. The van der Waals surface area contributed by atoms with Gasteiger partial charge in [0.2, 0.25) is 0 Å². The lowest BCUT2D eigenvalue weighted by Gasteiger charge is -2.21. The van der Waals surface area contributed by atoms with E-state index in [0.717, 1.165) is 25.9 Å². The monoisotopic (exact) mass is 171 g/mol. The first-order chi connectivity index (χ1) is 5.70. The second kappa shape index (κ2) is 4.58. The molecule has 3 heteroatoms. The number of carbonyl (C=O) groups excluding carboxylic acids is 1. The topological polar surface area (TPSA) is 49.3 Å². The zero-order chi connectivity index (χ0) is 8.97. The maximum absolute atomic E-state index is 11.3. The number of aliphatic hydroxyl groups is 1. The molecule has 70 valence electrons.